The van der Waals surface area contributed by atoms with Crippen LogP contribution >= 0.6 is 0 Å². The van der Waals surface area contributed by atoms with E-state index >= 15 is 0 Å². The van der Waals surface area contributed by atoms with E-state index in [0.29, 0.717) is 25.9 Å². The van der Waals surface area contributed by atoms with Gasteiger partial charge in [-0.3, -0.25) is 4.79 Å². The molecule has 0 radical (unpaired) electrons. The molecule has 0 bridgehead atoms. The molecule has 200 valence electrons. The Balaban J connectivity index is 1.40. The highest BCUT2D eigenvalue weighted by Gasteiger charge is 2.28. The number of likely N-dealkylation sites (N-methyl/N-ethyl adjacent to an activating group) is 1. The summed E-state index contributed by atoms with van der Waals surface area (Å²) in [5.74, 6) is 0.308. The first-order chi connectivity index (χ1) is 19.0. The third kappa shape index (κ3) is 7.81. The molecule has 0 N–H and O–H groups in total. The molecule has 0 fully saturated rings. The van der Waals surface area contributed by atoms with Crippen molar-refractivity contribution in [2.75, 3.05) is 14.2 Å². The number of carbonyl (C=O) groups excluding carboxylic acids is 2. The summed E-state index contributed by atoms with van der Waals surface area (Å²) < 4.78 is 11.0. The summed E-state index contributed by atoms with van der Waals surface area (Å²) in [5.41, 5.74) is 4.34. The third-order valence-electron chi connectivity index (χ3n) is 6.99. The van der Waals surface area contributed by atoms with Crippen molar-refractivity contribution in [3.63, 3.8) is 0 Å². The summed E-state index contributed by atoms with van der Waals surface area (Å²) in [4.78, 5) is 27.6. The molecule has 5 heteroatoms. The van der Waals surface area contributed by atoms with Crippen LogP contribution in [0.3, 0.4) is 0 Å². The van der Waals surface area contributed by atoms with Gasteiger partial charge in [0.15, 0.2) is 0 Å². The van der Waals surface area contributed by atoms with Crippen molar-refractivity contribution in [2.24, 2.45) is 0 Å². The predicted octanol–water partition coefficient (Wildman–Crippen LogP) is 6.42. The van der Waals surface area contributed by atoms with Gasteiger partial charge in [0.25, 0.3) is 0 Å². The molecule has 1 atom stereocenters. The van der Waals surface area contributed by atoms with Crippen molar-refractivity contribution in [3.05, 3.63) is 138 Å². The largest absolute Gasteiger partial charge is 0.489 e. The van der Waals surface area contributed by atoms with Crippen molar-refractivity contribution in [2.45, 2.75) is 37.8 Å². The molecule has 0 heterocycles. The first-order valence-electron chi connectivity index (χ1n) is 13.2. The number of methoxy groups -OCH3 is 1. The van der Waals surface area contributed by atoms with E-state index in [2.05, 4.69) is 24.3 Å². The number of nitrogens with zero attached hydrogens (tertiary/aromatic N) is 1. The molecule has 0 saturated heterocycles. The number of rotatable bonds is 12. The zero-order chi connectivity index (χ0) is 27.5. The number of esters is 1. The maximum Gasteiger partial charge on any atom is 0.328 e. The molecule has 0 aliphatic rings. The lowest BCUT2D eigenvalue weighted by Crippen LogP contribution is -2.44. The second-order valence-electron chi connectivity index (χ2n) is 9.58. The van der Waals surface area contributed by atoms with Crippen molar-refractivity contribution < 1.29 is 19.1 Å². The van der Waals surface area contributed by atoms with E-state index in [1.165, 1.54) is 23.1 Å². The Morgan fingerprint density at radius 2 is 1.26 bits per heavy atom. The molecule has 0 aliphatic carbocycles. The third-order valence-corrected chi connectivity index (χ3v) is 6.99. The lowest BCUT2D eigenvalue weighted by Gasteiger charge is -2.27. The summed E-state index contributed by atoms with van der Waals surface area (Å²) in [6.45, 7) is 0.481. The molecule has 0 aliphatic heterocycles. The molecule has 1 amide bonds. The molecule has 4 aromatic carbocycles. The molecular formula is C34H35NO4. The second-order valence-corrected chi connectivity index (χ2v) is 9.58. The van der Waals surface area contributed by atoms with E-state index in [-0.39, 0.29) is 11.8 Å². The highest BCUT2D eigenvalue weighted by molar-refractivity contribution is 5.84. The van der Waals surface area contributed by atoms with Gasteiger partial charge < -0.3 is 14.4 Å². The molecule has 4 rings (SSSR count). The quantitative estimate of drug-likeness (QED) is 0.202. The standard InChI is InChI=1S/C34H35NO4/c1-35(33(36)23-22-31(28-14-8-4-9-15-28)29-16-10-5-11-17-29)32(34(37)38-2)24-26-18-20-30(21-19-26)39-25-27-12-6-3-7-13-27/h3-21,31-32H,22-25H2,1-2H3. The van der Waals surface area contributed by atoms with Gasteiger partial charge in [0.05, 0.1) is 7.11 Å². The Morgan fingerprint density at radius 1 is 0.718 bits per heavy atom. The van der Waals surface area contributed by atoms with E-state index < -0.39 is 12.0 Å². The number of amides is 1. The zero-order valence-corrected chi connectivity index (χ0v) is 22.5. The maximum absolute atomic E-state index is 13.3. The number of ether oxygens (including phenoxy) is 2. The topological polar surface area (TPSA) is 55.8 Å². The van der Waals surface area contributed by atoms with Gasteiger partial charge in [0, 0.05) is 25.8 Å². The lowest BCUT2D eigenvalue weighted by atomic mass is 9.87. The minimum atomic E-state index is -0.717. The smallest absolute Gasteiger partial charge is 0.328 e. The van der Waals surface area contributed by atoms with Crippen LogP contribution in [0.2, 0.25) is 0 Å². The maximum atomic E-state index is 13.3. The molecule has 1 unspecified atom stereocenters. The van der Waals surface area contributed by atoms with Crippen LogP contribution in [-0.2, 0) is 27.4 Å². The fourth-order valence-electron chi connectivity index (χ4n) is 4.71. The van der Waals surface area contributed by atoms with Crippen molar-refractivity contribution >= 4 is 11.9 Å². The van der Waals surface area contributed by atoms with Gasteiger partial charge in [-0.1, -0.05) is 103 Å². The Kier molecular flexibility index (Phi) is 9.90. The number of benzene rings is 4. The average molecular weight is 522 g/mol. The van der Waals surface area contributed by atoms with Gasteiger partial charge in [-0.25, -0.2) is 4.79 Å². The molecular weight excluding hydrogens is 486 g/mol. The summed E-state index contributed by atoms with van der Waals surface area (Å²) >= 11 is 0. The van der Waals surface area contributed by atoms with Crippen molar-refractivity contribution in [1.29, 1.82) is 0 Å². The monoisotopic (exact) mass is 521 g/mol. The molecule has 5 nitrogen and oxygen atoms in total. The van der Waals surface area contributed by atoms with E-state index in [1.54, 1.807) is 7.05 Å². The van der Waals surface area contributed by atoms with Gasteiger partial charge in [0.2, 0.25) is 5.91 Å². The first kappa shape index (κ1) is 27.6. The van der Waals surface area contributed by atoms with Gasteiger partial charge in [-0.2, -0.15) is 0 Å². The van der Waals surface area contributed by atoms with E-state index in [9.17, 15) is 9.59 Å². The van der Waals surface area contributed by atoms with Crippen molar-refractivity contribution in [1.82, 2.24) is 4.90 Å². The predicted molar refractivity (Wildman–Crippen MR) is 153 cm³/mol. The van der Waals surface area contributed by atoms with Crippen LogP contribution in [-0.4, -0.2) is 37.0 Å². The Bertz CT molecular complexity index is 1270. The van der Waals surface area contributed by atoms with Gasteiger partial charge in [-0.05, 0) is 40.8 Å². The van der Waals surface area contributed by atoms with Crippen molar-refractivity contribution in [3.8, 4) is 5.75 Å². The Labute approximate surface area is 231 Å². The highest BCUT2D eigenvalue weighted by Crippen LogP contribution is 2.29. The van der Waals surface area contributed by atoms with E-state index in [0.717, 1.165) is 16.9 Å². The van der Waals surface area contributed by atoms with E-state index in [1.807, 2.05) is 91.0 Å². The van der Waals surface area contributed by atoms with Crippen LogP contribution in [0.25, 0.3) is 0 Å². The zero-order valence-electron chi connectivity index (χ0n) is 22.5. The van der Waals surface area contributed by atoms with Crippen LogP contribution in [0.4, 0.5) is 0 Å². The number of carbonyl (C=O) groups is 2. The van der Waals surface area contributed by atoms with Crippen LogP contribution in [0.15, 0.2) is 115 Å². The fourth-order valence-corrected chi connectivity index (χ4v) is 4.71. The van der Waals surface area contributed by atoms with Crippen LogP contribution in [0.5, 0.6) is 5.75 Å². The number of hydrogen-bond donors (Lipinski definition) is 0. The molecule has 0 spiro atoms. The minimum absolute atomic E-state index is 0.0877. The molecule has 0 saturated carbocycles. The molecule has 39 heavy (non-hydrogen) atoms. The van der Waals surface area contributed by atoms with Gasteiger partial charge >= 0.3 is 5.97 Å². The Morgan fingerprint density at radius 3 is 1.79 bits per heavy atom. The number of hydrogen-bond acceptors (Lipinski definition) is 4. The van der Waals surface area contributed by atoms with Crippen LogP contribution in [0.1, 0.15) is 41.0 Å². The highest BCUT2D eigenvalue weighted by atomic mass is 16.5. The first-order valence-corrected chi connectivity index (χ1v) is 13.2. The van der Waals surface area contributed by atoms with Gasteiger partial charge in [-0.15, -0.1) is 0 Å². The summed E-state index contributed by atoms with van der Waals surface area (Å²) in [6, 6.07) is 37.3. The SMILES string of the molecule is COC(=O)C(Cc1ccc(OCc2ccccc2)cc1)N(C)C(=O)CCC(c1ccccc1)c1ccccc1. The van der Waals surface area contributed by atoms with Crippen LogP contribution < -0.4 is 4.74 Å². The lowest BCUT2D eigenvalue weighted by molar-refractivity contribution is -0.151. The fraction of sp³-hybridized carbons (Fsp3) is 0.235. The molecule has 4 aromatic rings. The van der Waals surface area contributed by atoms with Gasteiger partial charge in [0.1, 0.15) is 18.4 Å². The summed E-state index contributed by atoms with van der Waals surface area (Å²) in [6.07, 6.45) is 1.30. The summed E-state index contributed by atoms with van der Waals surface area (Å²) in [7, 11) is 3.04. The summed E-state index contributed by atoms with van der Waals surface area (Å²) in [5, 5.41) is 0. The second kappa shape index (κ2) is 14.0. The minimum Gasteiger partial charge on any atom is -0.489 e. The van der Waals surface area contributed by atoms with Crippen LogP contribution in [0, 0.1) is 0 Å². The Hall–Kier alpha value is -4.38. The van der Waals surface area contributed by atoms with E-state index in [4.69, 9.17) is 9.47 Å². The molecule has 0 aromatic heterocycles. The normalized spacial score (nSPS) is 11.6. The average Bonchev–Trinajstić information content (AvgIpc) is 3.00.